The van der Waals surface area contributed by atoms with Crippen LogP contribution in [0.3, 0.4) is 0 Å². The number of hydrogen-bond donors (Lipinski definition) is 0. The van der Waals surface area contributed by atoms with Gasteiger partial charge in [0.15, 0.2) is 8.32 Å². The Bertz CT molecular complexity index is 214. The summed E-state index contributed by atoms with van der Waals surface area (Å²) < 4.78 is 11.4. The fraction of sp³-hybridized carbons (Fsp3) is 0.818. The summed E-state index contributed by atoms with van der Waals surface area (Å²) in [6.45, 7) is 15.9. The molecule has 1 saturated heterocycles. The van der Waals surface area contributed by atoms with Crippen molar-refractivity contribution in [1.82, 2.24) is 0 Å². The predicted octanol–water partition coefficient (Wildman–Crippen LogP) is 2.96. The molecule has 2 atom stereocenters. The molecule has 0 radical (unpaired) electrons. The topological polar surface area (TPSA) is 21.8 Å². The summed E-state index contributed by atoms with van der Waals surface area (Å²) in [7, 11) is -1.66. The van der Waals surface area contributed by atoms with E-state index in [1.165, 1.54) is 0 Å². The summed E-state index contributed by atoms with van der Waals surface area (Å²) in [5, 5.41) is 0.253. The quantitative estimate of drug-likeness (QED) is 0.408. The third-order valence-corrected chi connectivity index (χ3v) is 7.67. The Morgan fingerprint density at radius 2 is 2.00 bits per heavy atom. The summed E-state index contributed by atoms with van der Waals surface area (Å²) >= 11 is 0. The summed E-state index contributed by atoms with van der Waals surface area (Å²) in [5.41, 5.74) is 0. The van der Waals surface area contributed by atoms with Crippen LogP contribution >= 0.6 is 0 Å². The molecular weight excluding hydrogens is 192 g/mol. The third-order valence-electron chi connectivity index (χ3n) is 3.19. The van der Waals surface area contributed by atoms with Crippen LogP contribution in [0.4, 0.5) is 0 Å². The highest BCUT2D eigenvalue weighted by molar-refractivity contribution is 6.74. The maximum absolute atomic E-state index is 6.17. The van der Waals surface area contributed by atoms with Crippen LogP contribution < -0.4 is 0 Å². The molecule has 1 heterocycles. The SMILES string of the molecule is C=C[C@@H](O[Si](C)(C)C(C)(C)C)[C@@H]1CO1. The van der Waals surface area contributed by atoms with Crippen LogP contribution in [0.25, 0.3) is 0 Å². The molecule has 0 spiro atoms. The lowest BCUT2D eigenvalue weighted by molar-refractivity contribution is 0.183. The van der Waals surface area contributed by atoms with E-state index in [2.05, 4.69) is 40.4 Å². The molecular formula is C11H22O2Si. The number of rotatable bonds is 4. The maximum Gasteiger partial charge on any atom is 0.193 e. The molecule has 1 aliphatic rings. The molecule has 0 aromatic heterocycles. The van der Waals surface area contributed by atoms with Crippen molar-refractivity contribution in [3.8, 4) is 0 Å². The lowest BCUT2D eigenvalue weighted by Crippen LogP contribution is -2.44. The first-order valence-corrected chi connectivity index (χ1v) is 8.11. The first kappa shape index (κ1) is 11.9. The smallest absolute Gasteiger partial charge is 0.193 e. The Morgan fingerprint density at radius 3 is 2.29 bits per heavy atom. The normalized spacial score (nSPS) is 24.5. The van der Waals surface area contributed by atoms with Crippen LogP contribution in [0.5, 0.6) is 0 Å². The molecule has 0 amide bonds. The standard InChI is InChI=1S/C11H22O2Si/c1-7-9(10-8-12-10)13-14(5,6)11(2,3)4/h7,9-10H,1,8H2,2-6H3/t9-,10+/m1/s1. The average Bonchev–Trinajstić information content (AvgIpc) is 2.80. The lowest BCUT2D eigenvalue weighted by Gasteiger charge is -2.38. The van der Waals surface area contributed by atoms with E-state index in [0.29, 0.717) is 0 Å². The molecule has 0 bridgehead atoms. The van der Waals surface area contributed by atoms with Crippen LogP contribution in [0.15, 0.2) is 12.7 Å². The van der Waals surface area contributed by atoms with Gasteiger partial charge in [0.25, 0.3) is 0 Å². The highest BCUT2D eigenvalue weighted by Crippen LogP contribution is 2.38. The van der Waals surface area contributed by atoms with Crippen molar-refractivity contribution in [1.29, 1.82) is 0 Å². The molecule has 0 aromatic rings. The zero-order chi connectivity index (χ0) is 11.0. The molecule has 1 fully saturated rings. The van der Waals surface area contributed by atoms with Gasteiger partial charge < -0.3 is 9.16 Å². The minimum atomic E-state index is -1.66. The lowest BCUT2D eigenvalue weighted by atomic mass is 10.2. The van der Waals surface area contributed by atoms with E-state index < -0.39 is 8.32 Å². The van der Waals surface area contributed by atoms with Crippen molar-refractivity contribution in [2.45, 2.75) is 51.1 Å². The molecule has 0 unspecified atom stereocenters. The van der Waals surface area contributed by atoms with Crippen molar-refractivity contribution in [2.24, 2.45) is 0 Å². The van der Waals surface area contributed by atoms with Gasteiger partial charge in [0.2, 0.25) is 0 Å². The van der Waals surface area contributed by atoms with Gasteiger partial charge in [-0.25, -0.2) is 0 Å². The molecule has 0 aromatic carbocycles. The second kappa shape index (κ2) is 3.80. The molecule has 0 N–H and O–H groups in total. The van der Waals surface area contributed by atoms with Crippen molar-refractivity contribution >= 4 is 8.32 Å². The average molecular weight is 214 g/mol. The Balaban J connectivity index is 2.60. The molecule has 0 aliphatic carbocycles. The van der Waals surface area contributed by atoms with Gasteiger partial charge in [-0.15, -0.1) is 6.58 Å². The van der Waals surface area contributed by atoms with E-state index >= 15 is 0 Å². The van der Waals surface area contributed by atoms with Gasteiger partial charge in [0.05, 0.1) is 12.7 Å². The van der Waals surface area contributed by atoms with E-state index in [-0.39, 0.29) is 17.2 Å². The second-order valence-corrected chi connectivity index (χ2v) is 10.2. The third kappa shape index (κ3) is 2.68. The highest BCUT2D eigenvalue weighted by atomic mass is 28.4. The molecule has 3 heteroatoms. The van der Waals surface area contributed by atoms with Gasteiger partial charge in [0, 0.05) is 0 Å². The fourth-order valence-electron chi connectivity index (χ4n) is 1.04. The fourth-order valence-corrected chi connectivity index (χ4v) is 2.32. The van der Waals surface area contributed by atoms with Crippen molar-refractivity contribution < 1.29 is 9.16 Å². The van der Waals surface area contributed by atoms with E-state index in [1.54, 1.807) is 0 Å². The van der Waals surface area contributed by atoms with Crippen molar-refractivity contribution in [2.75, 3.05) is 6.61 Å². The van der Waals surface area contributed by atoms with E-state index in [0.717, 1.165) is 6.61 Å². The van der Waals surface area contributed by atoms with E-state index in [9.17, 15) is 0 Å². The van der Waals surface area contributed by atoms with E-state index in [4.69, 9.17) is 9.16 Å². The summed E-state index contributed by atoms with van der Waals surface area (Å²) in [4.78, 5) is 0. The first-order valence-electron chi connectivity index (χ1n) is 5.20. The van der Waals surface area contributed by atoms with Gasteiger partial charge in [-0.2, -0.15) is 0 Å². The minimum Gasteiger partial charge on any atom is -0.408 e. The summed E-state index contributed by atoms with van der Waals surface area (Å²) in [5.74, 6) is 0. The number of hydrogen-bond acceptors (Lipinski definition) is 2. The molecule has 82 valence electrons. The van der Waals surface area contributed by atoms with Gasteiger partial charge in [0.1, 0.15) is 6.10 Å². The second-order valence-electron chi connectivity index (χ2n) is 5.45. The van der Waals surface area contributed by atoms with Gasteiger partial charge in [-0.1, -0.05) is 26.8 Å². The molecule has 1 aliphatic heterocycles. The van der Waals surface area contributed by atoms with Crippen LogP contribution in [0, 0.1) is 0 Å². The number of ether oxygens (including phenoxy) is 1. The van der Waals surface area contributed by atoms with Crippen LogP contribution in [0.2, 0.25) is 18.1 Å². The van der Waals surface area contributed by atoms with E-state index in [1.807, 2.05) is 6.08 Å². The van der Waals surface area contributed by atoms with Crippen LogP contribution in [-0.2, 0) is 9.16 Å². The molecule has 1 rings (SSSR count). The Hall–Kier alpha value is -0.123. The zero-order valence-electron chi connectivity index (χ0n) is 9.96. The van der Waals surface area contributed by atoms with Crippen LogP contribution in [-0.4, -0.2) is 27.1 Å². The first-order chi connectivity index (χ1) is 6.28. The Kier molecular flexibility index (Phi) is 3.24. The van der Waals surface area contributed by atoms with Crippen molar-refractivity contribution in [3.05, 3.63) is 12.7 Å². The summed E-state index contributed by atoms with van der Waals surface area (Å²) in [6.07, 6.45) is 2.23. The predicted molar refractivity (Wildman–Crippen MR) is 62.0 cm³/mol. The highest BCUT2D eigenvalue weighted by Gasteiger charge is 2.42. The monoisotopic (exact) mass is 214 g/mol. The maximum atomic E-state index is 6.17. The Labute approximate surface area is 88.4 Å². The van der Waals surface area contributed by atoms with Gasteiger partial charge >= 0.3 is 0 Å². The molecule has 2 nitrogen and oxygen atoms in total. The number of epoxide rings is 1. The largest absolute Gasteiger partial charge is 0.408 e. The minimum absolute atomic E-state index is 0.0934. The van der Waals surface area contributed by atoms with Gasteiger partial charge in [-0.3, -0.25) is 0 Å². The molecule has 14 heavy (non-hydrogen) atoms. The summed E-state index contributed by atoms with van der Waals surface area (Å²) in [6, 6.07) is 0. The van der Waals surface area contributed by atoms with Crippen LogP contribution in [0.1, 0.15) is 20.8 Å². The van der Waals surface area contributed by atoms with Crippen molar-refractivity contribution in [3.63, 3.8) is 0 Å². The van der Waals surface area contributed by atoms with Gasteiger partial charge in [-0.05, 0) is 18.1 Å². The molecule has 0 saturated carbocycles. The Morgan fingerprint density at radius 1 is 1.50 bits per heavy atom. The zero-order valence-corrected chi connectivity index (χ0v) is 11.0.